The number of rotatable bonds is 8. The van der Waals surface area contributed by atoms with Gasteiger partial charge in [-0.1, -0.05) is 17.3 Å². The summed E-state index contributed by atoms with van der Waals surface area (Å²) in [6, 6.07) is 7.71. The molecular formula is C18H26N4O3. The van der Waals surface area contributed by atoms with Crippen molar-refractivity contribution in [3.05, 3.63) is 47.1 Å². The van der Waals surface area contributed by atoms with Crippen molar-refractivity contribution in [1.29, 1.82) is 0 Å². The molecule has 2 rings (SSSR count). The minimum Gasteiger partial charge on any atom is -0.374 e. The van der Waals surface area contributed by atoms with Crippen LogP contribution in [-0.2, 0) is 17.7 Å². The zero-order chi connectivity index (χ0) is 18.4. The SMILES string of the molecule is COC(C)c1noc(CN(C)C(=O)c2ccc(CCN(C)C)cc2)n1. The molecule has 0 spiro atoms. The van der Waals surface area contributed by atoms with Gasteiger partial charge in [0, 0.05) is 26.3 Å². The summed E-state index contributed by atoms with van der Waals surface area (Å²) in [4.78, 5) is 20.5. The summed E-state index contributed by atoms with van der Waals surface area (Å²) in [5.74, 6) is 0.777. The molecule has 1 heterocycles. The Morgan fingerprint density at radius 3 is 2.52 bits per heavy atom. The summed E-state index contributed by atoms with van der Waals surface area (Å²) in [5.41, 5.74) is 1.85. The Morgan fingerprint density at radius 2 is 1.92 bits per heavy atom. The van der Waals surface area contributed by atoms with E-state index >= 15 is 0 Å². The molecule has 0 aliphatic carbocycles. The zero-order valence-corrected chi connectivity index (χ0v) is 15.5. The maximum Gasteiger partial charge on any atom is 0.254 e. The number of amides is 1. The van der Waals surface area contributed by atoms with E-state index in [-0.39, 0.29) is 18.6 Å². The van der Waals surface area contributed by atoms with Gasteiger partial charge >= 0.3 is 0 Å². The number of hydrogen-bond acceptors (Lipinski definition) is 6. The van der Waals surface area contributed by atoms with Gasteiger partial charge in [-0.3, -0.25) is 4.79 Å². The number of nitrogens with zero attached hydrogens (tertiary/aromatic N) is 4. The Bertz CT molecular complexity index is 682. The van der Waals surface area contributed by atoms with Crippen LogP contribution in [0.1, 0.15) is 40.7 Å². The van der Waals surface area contributed by atoms with Crippen LogP contribution in [0.2, 0.25) is 0 Å². The van der Waals surface area contributed by atoms with E-state index in [2.05, 4.69) is 15.0 Å². The summed E-state index contributed by atoms with van der Waals surface area (Å²) < 4.78 is 10.3. The van der Waals surface area contributed by atoms with Crippen LogP contribution >= 0.6 is 0 Å². The normalized spacial score (nSPS) is 12.4. The Hall–Kier alpha value is -2.25. The number of aromatic nitrogens is 2. The number of likely N-dealkylation sites (N-methyl/N-ethyl adjacent to an activating group) is 1. The molecule has 25 heavy (non-hydrogen) atoms. The lowest BCUT2D eigenvalue weighted by Gasteiger charge is -2.15. The first-order valence-corrected chi connectivity index (χ1v) is 8.25. The van der Waals surface area contributed by atoms with Crippen molar-refractivity contribution in [3.8, 4) is 0 Å². The fraction of sp³-hybridized carbons (Fsp3) is 0.500. The van der Waals surface area contributed by atoms with E-state index < -0.39 is 0 Å². The van der Waals surface area contributed by atoms with Crippen LogP contribution in [0, 0.1) is 0 Å². The summed E-state index contributed by atoms with van der Waals surface area (Å²) in [6.07, 6.45) is 0.716. The minimum absolute atomic E-state index is 0.0845. The molecule has 0 saturated carbocycles. The van der Waals surface area contributed by atoms with E-state index in [1.165, 1.54) is 5.56 Å². The average molecular weight is 346 g/mol. The molecule has 7 heteroatoms. The van der Waals surface area contributed by atoms with Crippen LogP contribution < -0.4 is 0 Å². The van der Waals surface area contributed by atoms with E-state index in [0.717, 1.165) is 13.0 Å². The van der Waals surface area contributed by atoms with Gasteiger partial charge in [-0.05, 0) is 45.1 Å². The predicted molar refractivity (Wildman–Crippen MR) is 94.2 cm³/mol. The van der Waals surface area contributed by atoms with Crippen LogP contribution in [-0.4, -0.2) is 60.6 Å². The average Bonchev–Trinajstić information content (AvgIpc) is 3.07. The molecule has 2 aromatic rings. The first-order valence-electron chi connectivity index (χ1n) is 8.25. The van der Waals surface area contributed by atoms with E-state index in [9.17, 15) is 4.79 Å². The molecule has 0 fully saturated rings. The molecule has 7 nitrogen and oxygen atoms in total. The lowest BCUT2D eigenvalue weighted by atomic mass is 10.1. The van der Waals surface area contributed by atoms with E-state index in [0.29, 0.717) is 17.3 Å². The van der Waals surface area contributed by atoms with Gasteiger partial charge in [0.15, 0.2) is 5.82 Å². The summed E-state index contributed by atoms with van der Waals surface area (Å²) in [5, 5.41) is 3.87. The molecule has 0 aliphatic rings. The molecule has 1 amide bonds. The lowest BCUT2D eigenvalue weighted by molar-refractivity contribution is 0.0769. The standard InChI is InChI=1S/C18H26N4O3/c1-13(24-5)17-19-16(25-20-17)12-22(4)18(23)15-8-6-14(7-9-15)10-11-21(2)3/h6-9,13H,10-12H2,1-5H3. The fourth-order valence-corrected chi connectivity index (χ4v) is 2.26. The molecule has 0 radical (unpaired) electrons. The van der Waals surface area contributed by atoms with E-state index in [1.54, 1.807) is 19.1 Å². The first-order chi connectivity index (χ1) is 11.9. The zero-order valence-electron chi connectivity index (χ0n) is 15.5. The van der Waals surface area contributed by atoms with Crippen LogP contribution in [0.5, 0.6) is 0 Å². The Balaban J connectivity index is 1.96. The molecule has 0 bridgehead atoms. The van der Waals surface area contributed by atoms with Crippen LogP contribution in [0.4, 0.5) is 0 Å². The number of carbonyl (C=O) groups is 1. The quantitative estimate of drug-likeness (QED) is 0.729. The van der Waals surface area contributed by atoms with E-state index in [1.807, 2.05) is 45.3 Å². The van der Waals surface area contributed by atoms with Crippen LogP contribution in [0.15, 0.2) is 28.8 Å². The van der Waals surface area contributed by atoms with Gasteiger partial charge in [0.05, 0.1) is 6.54 Å². The fourth-order valence-electron chi connectivity index (χ4n) is 2.26. The number of methoxy groups -OCH3 is 1. The molecule has 1 unspecified atom stereocenters. The van der Waals surface area contributed by atoms with Crippen molar-refractivity contribution >= 4 is 5.91 Å². The van der Waals surface area contributed by atoms with Gasteiger partial charge in [0.1, 0.15) is 6.10 Å². The monoisotopic (exact) mass is 346 g/mol. The summed E-state index contributed by atoms with van der Waals surface area (Å²) in [6.45, 7) is 3.07. The number of benzene rings is 1. The van der Waals surface area contributed by atoms with Crippen molar-refractivity contribution in [1.82, 2.24) is 19.9 Å². The van der Waals surface area contributed by atoms with Crippen molar-refractivity contribution < 1.29 is 14.1 Å². The highest BCUT2D eigenvalue weighted by atomic mass is 16.5. The minimum atomic E-state index is -0.242. The molecule has 136 valence electrons. The number of carbonyl (C=O) groups excluding carboxylic acids is 1. The topological polar surface area (TPSA) is 71.7 Å². The second kappa shape index (κ2) is 8.73. The second-order valence-corrected chi connectivity index (χ2v) is 6.34. The molecule has 1 aromatic heterocycles. The lowest BCUT2D eigenvalue weighted by Crippen LogP contribution is -2.26. The number of hydrogen-bond donors (Lipinski definition) is 0. The predicted octanol–water partition coefficient (Wildman–Crippen LogP) is 2.15. The van der Waals surface area contributed by atoms with Gasteiger partial charge in [0.25, 0.3) is 5.91 Å². The van der Waals surface area contributed by atoms with Gasteiger partial charge in [0.2, 0.25) is 5.89 Å². The Labute approximate surface area is 148 Å². The van der Waals surface area contributed by atoms with E-state index in [4.69, 9.17) is 9.26 Å². The Morgan fingerprint density at radius 1 is 1.24 bits per heavy atom. The first kappa shape index (κ1) is 19.1. The molecule has 1 atom stereocenters. The maximum absolute atomic E-state index is 12.5. The molecular weight excluding hydrogens is 320 g/mol. The third kappa shape index (κ3) is 5.37. The summed E-state index contributed by atoms with van der Waals surface area (Å²) in [7, 11) is 7.39. The van der Waals surface area contributed by atoms with Gasteiger partial charge < -0.3 is 19.1 Å². The molecule has 1 aromatic carbocycles. The van der Waals surface area contributed by atoms with Gasteiger partial charge in [-0.15, -0.1) is 0 Å². The van der Waals surface area contributed by atoms with Crippen LogP contribution in [0.25, 0.3) is 0 Å². The largest absolute Gasteiger partial charge is 0.374 e. The highest BCUT2D eigenvalue weighted by molar-refractivity contribution is 5.94. The van der Waals surface area contributed by atoms with Crippen LogP contribution in [0.3, 0.4) is 0 Å². The highest BCUT2D eigenvalue weighted by Gasteiger charge is 2.17. The third-order valence-electron chi connectivity index (χ3n) is 3.97. The smallest absolute Gasteiger partial charge is 0.254 e. The summed E-state index contributed by atoms with van der Waals surface area (Å²) >= 11 is 0. The van der Waals surface area contributed by atoms with Crippen molar-refractivity contribution in [2.75, 3.05) is 34.8 Å². The third-order valence-corrected chi connectivity index (χ3v) is 3.97. The van der Waals surface area contributed by atoms with Crippen molar-refractivity contribution in [3.63, 3.8) is 0 Å². The second-order valence-electron chi connectivity index (χ2n) is 6.34. The Kier molecular flexibility index (Phi) is 6.66. The molecule has 0 saturated heterocycles. The molecule has 0 N–H and O–H groups in total. The van der Waals surface area contributed by atoms with Gasteiger partial charge in [-0.25, -0.2) is 0 Å². The molecule has 0 aliphatic heterocycles. The highest BCUT2D eigenvalue weighted by Crippen LogP contribution is 2.14. The van der Waals surface area contributed by atoms with Crippen molar-refractivity contribution in [2.24, 2.45) is 0 Å². The van der Waals surface area contributed by atoms with Gasteiger partial charge in [-0.2, -0.15) is 4.98 Å². The van der Waals surface area contributed by atoms with Crippen molar-refractivity contribution in [2.45, 2.75) is 26.0 Å². The maximum atomic E-state index is 12.5. The number of ether oxygens (including phenoxy) is 1.